The molecule has 0 aliphatic heterocycles. The van der Waals surface area contributed by atoms with Gasteiger partial charge in [-0.3, -0.25) is 0 Å². The average Bonchev–Trinajstić information content (AvgIpc) is 3.02. The van der Waals surface area contributed by atoms with E-state index in [0.29, 0.717) is 6.42 Å². The third-order valence-electron chi connectivity index (χ3n) is 3.30. The molecule has 0 spiro atoms. The molecule has 3 aromatic rings. The minimum atomic E-state index is -0.0996. The Morgan fingerprint density at radius 2 is 2.10 bits per heavy atom. The van der Waals surface area contributed by atoms with Crippen molar-refractivity contribution in [2.45, 2.75) is 12.5 Å². The van der Waals surface area contributed by atoms with Crippen LogP contribution in [0.15, 0.2) is 57.6 Å². The number of nitrogens with one attached hydrogen (secondary N) is 1. The number of para-hydroxylation sites is 1. The maximum absolute atomic E-state index is 9.22. The molecule has 0 fully saturated rings. The number of aliphatic hydroxyl groups is 1. The Labute approximate surface area is 130 Å². The van der Waals surface area contributed by atoms with Gasteiger partial charge in [0.15, 0.2) is 0 Å². The second-order valence-electron chi connectivity index (χ2n) is 4.73. The van der Waals surface area contributed by atoms with Crippen molar-refractivity contribution in [1.82, 2.24) is 4.98 Å². The monoisotopic (exact) mass is 346 g/mol. The lowest BCUT2D eigenvalue weighted by molar-refractivity contribution is 0.273. The van der Waals surface area contributed by atoms with E-state index in [1.54, 1.807) is 6.26 Å². The summed E-state index contributed by atoms with van der Waals surface area (Å²) < 4.78 is 6.38. The zero-order chi connectivity index (χ0) is 14.7. The summed E-state index contributed by atoms with van der Waals surface area (Å²) >= 11 is 3.52. The molecule has 0 aliphatic rings. The number of nitrogens with zero attached hydrogens (tertiary/aromatic N) is 1. The second-order valence-corrected chi connectivity index (χ2v) is 5.59. The Morgan fingerprint density at radius 1 is 1.19 bits per heavy atom. The molecule has 2 aromatic heterocycles. The van der Waals surface area contributed by atoms with E-state index >= 15 is 0 Å². The molecule has 1 atom stereocenters. The lowest BCUT2D eigenvalue weighted by Crippen LogP contribution is -2.12. The topological polar surface area (TPSA) is 58.3 Å². The van der Waals surface area contributed by atoms with Crippen LogP contribution in [-0.2, 0) is 0 Å². The predicted molar refractivity (Wildman–Crippen MR) is 86.2 cm³/mol. The smallest absolute Gasteiger partial charge is 0.127 e. The van der Waals surface area contributed by atoms with Crippen molar-refractivity contribution in [3.8, 4) is 0 Å². The average molecular weight is 347 g/mol. The van der Waals surface area contributed by atoms with Gasteiger partial charge in [-0.15, -0.1) is 0 Å². The van der Waals surface area contributed by atoms with Gasteiger partial charge in [0.05, 0.1) is 17.8 Å². The Bertz CT molecular complexity index is 728. The quantitative estimate of drug-likeness (QED) is 0.729. The minimum absolute atomic E-state index is 0.0790. The summed E-state index contributed by atoms with van der Waals surface area (Å²) in [6.07, 6.45) is 2.19. The molecule has 2 N–H and O–H groups in total. The maximum Gasteiger partial charge on any atom is 0.127 e. The Hall–Kier alpha value is -1.85. The fourth-order valence-corrected chi connectivity index (χ4v) is 2.74. The number of anilines is 1. The molecular weight excluding hydrogens is 332 g/mol. The van der Waals surface area contributed by atoms with Crippen LogP contribution in [0.1, 0.15) is 18.2 Å². The zero-order valence-corrected chi connectivity index (χ0v) is 12.9. The fraction of sp³-hybridized carbons (Fsp3) is 0.188. The van der Waals surface area contributed by atoms with Gasteiger partial charge in [0, 0.05) is 16.5 Å². The first-order valence-corrected chi connectivity index (χ1v) is 7.53. The number of fused-ring (bicyclic) bond motifs is 1. The largest absolute Gasteiger partial charge is 0.467 e. The van der Waals surface area contributed by atoms with Gasteiger partial charge in [0.1, 0.15) is 11.6 Å². The number of hydrogen-bond acceptors (Lipinski definition) is 4. The van der Waals surface area contributed by atoms with Gasteiger partial charge in [-0.25, -0.2) is 4.98 Å². The number of pyridine rings is 1. The summed E-state index contributed by atoms with van der Waals surface area (Å²) in [5, 5.41) is 13.6. The first-order valence-electron chi connectivity index (χ1n) is 6.74. The third-order valence-corrected chi connectivity index (χ3v) is 3.94. The van der Waals surface area contributed by atoms with Crippen LogP contribution in [0.25, 0.3) is 10.9 Å². The molecule has 0 bridgehead atoms. The predicted octanol–water partition coefficient (Wildman–Crippen LogP) is 4.13. The molecule has 3 rings (SSSR count). The summed E-state index contributed by atoms with van der Waals surface area (Å²) in [5.41, 5.74) is 0.907. The number of halogens is 1. The summed E-state index contributed by atoms with van der Waals surface area (Å²) in [7, 11) is 0. The number of hydrogen-bond donors (Lipinski definition) is 2. The van der Waals surface area contributed by atoms with Gasteiger partial charge in [0.25, 0.3) is 0 Å². The fourth-order valence-electron chi connectivity index (χ4n) is 2.27. The highest BCUT2D eigenvalue weighted by Gasteiger charge is 2.14. The summed E-state index contributed by atoms with van der Waals surface area (Å²) in [6.45, 7) is 0.0790. The highest BCUT2D eigenvalue weighted by atomic mass is 79.9. The first-order chi connectivity index (χ1) is 10.3. The molecular formula is C16H15BrN2O2. The van der Waals surface area contributed by atoms with Crippen LogP contribution < -0.4 is 5.32 Å². The van der Waals surface area contributed by atoms with Crippen LogP contribution in [-0.4, -0.2) is 16.7 Å². The second kappa shape index (κ2) is 6.28. The Kier molecular flexibility index (Phi) is 4.22. The van der Waals surface area contributed by atoms with E-state index in [9.17, 15) is 5.11 Å². The van der Waals surface area contributed by atoms with E-state index in [1.807, 2.05) is 42.5 Å². The van der Waals surface area contributed by atoms with Crippen molar-refractivity contribution in [3.05, 3.63) is 59.0 Å². The van der Waals surface area contributed by atoms with Gasteiger partial charge in [0.2, 0.25) is 0 Å². The van der Waals surface area contributed by atoms with Crippen LogP contribution in [0.4, 0.5) is 5.82 Å². The molecule has 0 saturated heterocycles. The molecule has 0 saturated carbocycles. The Morgan fingerprint density at radius 3 is 2.86 bits per heavy atom. The Balaban J connectivity index is 1.91. The summed E-state index contributed by atoms with van der Waals surface area (Å²) in [5.74, 6) is 1.54. The van der Waals surface area contributed by atoms with E-state index in [4.69, 9.17) is 4.42 Å². The molecule has 5 heteroatoms. The van der Waals surface area contributed by atoms with Crippen LogP contribution in [0.5, 0.6) is 0 Å². The normalized spacial score (nSPS) is 12.5. The van der Waals surface area contributed by atoms with Crippen LogP contribution >= 0.6 is 15.9 Å². The molecule has 1 aromatic carbocycles. The van der Waals surface area contributed by atoms with Crippen molar-refractivity contribution in [3.63, 3.8) is 0 Å². The van der Waals surface area contributed by atoms with Gasteiger partial charge < -0.3 is 14.8 Å². The molecule has 0 radical (unpaired) electrons. The number of benzene rings is 1. The van der Waals surface area contributed by atoms with Crippen molar-refractivity contribution in [2.24, 2.45) is 0 Å². The molecule has 108 valence electrons. The zero-order valence-electron chi connectivity index (χ0n) is 11.3. The lowest BCUT2D eigenvalue weighted by Gasteiger charge is -2.16. The van der Waals surface area contributed by atoms with Crippen molar-refractivity contribution in [2.75, 3.05) is 11.9 Å². The van der Waals surface area contributed by atoms with Gasteiger partial charge >= 0.3 is 0 Å². The van der Waals surface area contributed by atoms with E-state index in [0.717, 1.165) is 27.0 Å². The van der Waals surface area contributed by atoms with Crippen LogP contribution in [0.2, 0.25) is 0 Å². The van der Waals surface area contributed by atoms with Crippen molar-refractivity contribution in [1.29, 1.82) is 0 Å². The van der Waals surface area contributed by atoms with Crippen molar-refractivity contribution < 1.29 is 9.52 Å². The first kappa shape index (κ1) is 14.1. The molecule has 0 amide bonds. The standard InChI is InChI=1S/C16H15BrN2O2/c17-12-4-1-3-11-6-7-15(19-16(11)12)18-13(8-9-20)14-5-2-10-21-14/h1-7,10,13,20H,8-9H2,(H,18,19). The number of aromatic nitrogens is 1. The van der Waals surface area contributed by atoms with Gasteiger partial charge in [-0.05, 0) is 52.7 Å². The third kappa shape index (κ3) is 3.09. The highest BCUT2D eigenvalue weighted by molar-refractivity contribution is 9.10. The maximum atomic E-state index is 9.22. The van der Waals surface area contributed by atoms with E-state index in [1.165, 1.54) is 0 Å². The SMILES string of the molecule is OCCC(Nc1ccc2cccc(Br)c2n1)c1ccco1. The van der Waals surface area contributed by atoms with Gasteiger partial charge in [-0.1, -0.05) is 12.1 Å². The number of aliphatic hydroxyl groups excluding tert-OH is 1. The highest BCUT2D eigenvalue weighted by Crippen LogP contribution is 2.26. The van der Waals surface area contributed by atoms with E-state index < -0.39 is 0 Å². The molecule has 4 nitrogen and oxygen atoms in total. The lowest BCUT2D eigenvalue weighted by atomic mass is 10.1. The van der Waals surface area contributed by atoms with Gasteiger partial charge in [-0.2, -0.15) is 0 Å². The summed E-state index contributed by atoms with van der Waals surface area (Å²) in [4.78, 5) is 4.63. The van der Waals surface area contributed by atoms with Crippen LogP contribution in [0, 0.1) is 0 Å². The molecule has 1 unspecified atom stereocenters. The van der Waals surface area contributed by atoms with Crippen molar-refractivity contribution >= 4 is 32.7 Å². The molecule has 2 heterocycles. The van der Waals surface area contributed by atoms with E-state index in [-0.39, 0.29) is 12.6 Å². The molecule has 21 heavy (non-hydrogen) atoms. The molecule has 0 aliphatic carbocycles. The number of rotatable bonds is 5. The summed E-state index contributed by atoms with van der Waals surface area (Å²) in [6, 6.07) is 13.6. The number of furan rings is 1. The van der Waals surface area contributed by atoms with E-state index in [2.05, 4.69) is 26.2 Å². The minimum Gasteiger partial charge on any atom is -0.467 e. The van der Waals surface area contributed by atoms with Crippen LogP contribution in [0.3, 0.4) is 0 Å².